The van der Waals surface area contributed by atoms with Crippen molar-refractivity contribution in [3.63, 3.8) is 0 Å². The van der Waals surface area contributed by atoms with E-state index in [1.54, 1.807) is 22.6 Å². The van der Waals surface area contributed by atoms with E-state index in [0.717, 1.165) is 0 Å². The zero-order chi connectivity index (χ0) is 11.6. The molecule has 0 aliphatic carbocycles. The Bertz CT molecular complexity index is 375. The topological polar surface area (TPSA) is 55.1 Å². The number of carboxylic acids is 1. The molecule has 1 N–H and O–H groups in total. The Morgan fingerprint density at radius 3 is 2.67 bits per heavy atom. The average Bonchev–Trinajstić information content (AvgIpc) is 2.26. The highest BCUT2D eigenvalue weighted by Gasteiger charge is 2.29. The summed E-state index contributed by atoms with van der Waals surface area (Å²) in [5.74, 6) is -1.12. The van der Waals surface area contributed by atoms with E-state index in [0.29, 0.717) is 8.25 Å². The zero-order valence-electron chi connectivity index (χ0n) is 7.25. The third-order valence-electron chi connectivity index (χ3n) is 1.45. The normalized spacial score (nSPS) is 11.7. The first-order chi connectivity index (χ1) is 6.78. The Labute approximate surface area is 96.2 Å². The monoisotopic (exact) mass is 334 g/mol. The van der Waals surface area contributed by atoms with Crippen LogP contribution in [-0.4, -0.2) is 27.0 Å². The number of alkyl halides is 3. The third kappa shape index (κ3) is 4.06. The van der Waals surface area contributed by atoms with Gasteiger partial charge in [0.15, 0.2) is 0 Å². The second-order valence-corrected chi connectivity index (χ2v) is 3.97. The fraction of sp³-hybridized carbons (Fsp3) is 0.429. The molecule has 1 aromatic rings. The molecular weight excluding hydrogens is 328 g/mol. The van der Waals surface area contributed by atoms with Crippen LogP contribution in [0.5, 0.6) is 0 Å². The van der Waals surface area contributed by atoms with Crippen LogP contribution in [0.25, 0.3) is 0 Å². The number of aliphatic carboxylic acids is 1. The molecule has 0 fully saturated rings. The number of nitrogens with zero attached hydrogens (tertiary/aromatic N) is 2. The minimum atomic E-state index is -4.35. The van der Waals surface area contributed by atoms with Crippen LogP contribution < -0.4 is 0 Å². The maximum atomic E-state index is 12.0. The van der Waals surface area contributed by atoms with Gasteiger partial charge in [0.25, 0.3) is 0 Å². The van der Waals surface area contributed by atoms with Crippen molar-refractivity contribution in [2.45, 2.75) is 19.1 Å². The van der Waals surface area contributed by atoms with Gasteiger partial charge in [-0.15, -0.1) is 0 Å². The van der Waals surface area contributed by atoms with Crippen molar-refractivity contribution in [1.29, 1.82) is 0 Å². The molecule has 0 unspecified atom stereocenters. The summed E-state index contributed by atoms with van der Waals surface area (Å²) in [5.41, 5.74) is 0.146. The van der Waals surface area contributed by atoms with Crippen LogP contribution in [0.15, 0.2) is 6.20 Å². The molecule has 4 nitrogen and oxygen atoms in total. The summed E-state index contributed by atoms with van der Waals surface area (Å²) in [5, 5.41) is 12.0. The number of hydrogen-bond donors (Lipinski definition) is 1. The maximum absolute atomic E-state index is 12.0. The smallest absolute Gasteiger partial charge is 0.408 e. The van der Waals surface area contributed by atoms with E-state index in [1.807, 2.05) is 0 Å². The summed E-state index contributed by atoms with van der Waals surface area (Å²) in [6, 6.07) is 0. The molecule has 0 aromatic carbocycles. The molecule has 15 heavy (non-hydrogen) atoms. The molecule has 1 aromatic heterocycles. The van der Waals surface area contributed by atoms with Crippen LogP contribution >= 0.6 is 22.6 Å². The Hall–Kier alpha value is -0.800. The lowest BCUT2D eigenvalue weighted by molar-refractivity contribution is -0.142. The van der Waals surface area contributed by atoms with Gasteiger partial charge in [-0.2, -0.15) is 18.3 Å². The number of aromatic nitrogens is 2. The molecular formula is C7H6F3IN2O2. The Morgan fingerprint density at radius 2 is 2.20 bits per heavy atom. The van der Waals surface area contributed by atoms with Crippen molar-refractivity contribution >= 4 is 28.6 Å². The zero-order valence-corrected chi connectivity index (χ0v) is 9.41. The van der Waals surface area contributed by atoms with Crippen LogP contribution in [-0.2, 0) is 17.8 Å². The molecule has 0 aliphatic rings. The second-order valence-electron chi connectivity index (χ2n) is 2.81. The molecule has 0 bridgehead atoms. The highest BCUT2D eigenvalue weighted by atomic mass is 127. The standard InChI is InChI=1S/C7H6F3IN2O2/c8-7(9,10)3-13-2-4(11)5(12-13)1-6(14)15/h2H,1,3H2,(H,14,15). The summed E-state index contributed by atoms with van der Waals surface area (Å²) in [4.78, 5) is 10.3. The van der Waals surface area contributed by atoms with Gasteiger partial charge in [-0.1, -0.05) is 0 Å². The first kappa shape index (κ1) is 12.3. The van der Waals surface area contributed by atoms with Crippen LogP contribution in [0.2, 0.25) is 0 Å². The predicted molar refractivity (Wildman–Crippen MR) is 52.3 cm³/mol. The van der Waals surface area contributed by atoms with Crippen molar-refractivity contribution in [2.75, 3.05) is 0 Å². The minimum Gasteiger partial charge on any atom is -0.481 e. The molecule has 0 spiro atoms. The van der Waals surface area contributed by atoms with Crippen LogP contribution in [0.4, 0.5) is 13.2 Å². The van der Waals surface area contributed by atoms with Crippen molar-refractivity contribution in [2.24, 2.45) is 0 Å². The highest BCUT2D eigenvalue weighted by molar-refractivity contribution is 14.1. The van der Waals surface area contributed by atoms with E-state index in [9.17, 15) is 18.0 Å². The van der Waals surface area contributed by atoms with Gasteiger partial charge in [-0.05, 0) is 22.6 Å². The minimum absolute atomic E-state index is 0.146. The fourth-order valence-electron chi connectivity index (χ4n) is 0.965. The molecule has 0 aliphatic heterocycles. The van der Waals surface area contributed by atoms with Gasteiger partial charge in [0, 0.05) is 6.20 Å². The lowest BCUT2D eigenvalue weighted by atomic mass is 10.3. The van der Waals surface area contributed by atoms with Gasteiger partial charge < -0.3 is 5.11 Å². The third-order valence-corrected chi connectivity index (χ3v) is 2.35. The van der Waals surface area contributed by atoms with E-state index in [1.165, 1.54) is 6.20 Å². The van der Waals surface area contributed by atoms with Gasteiger partial charge in [0.1, 0.15) is 6.54 Å². The Morgan fingerprint density at radius 1 is 1.60 bits per heavy atom. The SMILES string of the molecule is O=C(O)Cc1nn(CC(F)(F)F)cc1I. The van der Waals surface area contributed by atoms with Gasteiger partial charge >= 0.3 is 12.1 Å². The summed E-state index contributed by atoms with van der Waals surface area (Å²) < 4.78 is 37.0. The summed E-state index contributed by atoms with van der Waals surface area (Å²) in [7, 11) is 0. The second kappa shape index (κ2) is 4.37. The van der Waals surface area contributed by atoms with Gasteiger partial charge in [-0.3, -0.25) is 9.48 Å². The predicted octanol–water partition coefficient (Wildman–Crippen LogP) is 1.68. The average molecular weight is 334 g/mol. The number of halogens is 4. The van der Waals surface area contributed by atoms with Crippen molar-refractivity contribution in [3.8, 4) is 0 Å². The molecule has 0 saturated heterocycles. The molecule has 1 heterocycles. The van der Waals surface area contributed by atoms with Crippen molar-refractivity contribution in [3.05, 3.63) is 15.5 Å². The lowest BCUT2D eigenvalue weighted by Gasteiger charge is -2.04. The van der Waals surface area contributed by atoms with E-state index in [4.69, 9.17) is 5.11 Å². The molecule has 8 heteroatoms. The van der Waals surface area contributed by atoms with E-state index < -0.39 is 18.7 Å². The highest BCUT2D eigenvalue weighted by Crippen LogP contribution is 2.19. The van der Waals surface area contributed by atoms with Gasteiger partial charge in [0.05, 0.1) is 15.7 Å². The van der Waals surface area contributed by atoms with Crippen molar-refractivity contribution < 1.29 is 23.1 Å². The lowest BCUT2D eigenvalue weighted by Crippen LogP contribution is -2.18. The fourth-order valence-corrected chi connectivity index (χ4v) is 1.58. The summed E-state index contributed by atoms with van der Waals surface area (Å²) in [6.07, 6.45) is -3.55. The van der Waals surface area contributed by atoms with Gasteiger partial charge in [0.2, 0.25) is 0 Å². The number of hydrogen-bond acceptors (Lipinski definition) is 2. The molecule has 84 valence electrons. The number of carboxylic acid groups (broad SMARTS) is 1. The Kier molecular flexibility index (Phi) is 3.58. The summed E-state index contributed by atoms with van der Waals surface area (Å²) >= 11 is 1.75. The molecule has 0 amide bonds. The molecule has 1 rings (SSSR count). The largest absolute Gasteiger partial charge is 0.481 e. The van der Waals surface area contributed by atoms with E-state index >= 15 is 0 Å². The van der Waals surface area contributed by atoms with E-state index in [2.05, 4.69) is 5.10 Å². The van der Waals surface area contributed by atoms with Crippen LogP contribution in [0.3, 0.4) is 0 Å². The first-order valence-corrected chi connectivity index (χ1v) is 4.86. The molecule has 0 radical (unpaired) electrons. The van der Waals surface area contributed by atoms with Crippen LogP contribution in [0.1, 0.15) is 5.69 Å². The molecule has 0 saturated carbocycles. The van der Waals surface area contributed by atoms with Gasteiger partial charge in [-0.25, -0.2) is 0 Å². The first-order valence-electron chi connectivity index (χ1n) is 3.78. The Balaban J connectivity index is 2.81. The number of rotatable bonds is 3. The number of carbonyl (C=O) groups is 1. The summed E-state index contributed by atoms with van der Waals surface area (Å²) in [6.45, 7) is -1.21. The van der Waals surface area contributed by atoms with Crippen LogP contribution in [0, 0.1) is 3.57 Å². The quantitative estimate of drug-likeness (QED) is 0.856. The molecule has 0 atom stereocenters. The maximum Gasteiger partial charge on any atom is 0.408 e. The van der Waals surface area contributed by atoms with Crippen molar-refractivity contribution in [1.82, 2.24) is 9.78 Å². The van der Waals surface area contributed by atoms with E-state index in [-0.39, 0.29) is 12.1 Å².